The number of hydrogen-bond donors (Lipinski definition) is 1. The van der Waals surface area contributed by atoms with Crippen molar-refractivity contribution in [2.45, 2.75) is 52.2 Å². The summed E-state index contributed by atoms with van der Waals surface area (Å²) in [6.45, 7) is 2.46. The number of allylic oxidation sites excluding steroid dienone is 3. The van der Waals surface area contributed by atoms with Gasteiger partial charge in [0.05, 0.1) is 0 Å². The van der Waals surface area contributed by atoms with Crippen LogP contribution in [-0.2, 0) is 27.4 Å². The van der Waals surface area contributed by atoms with Gasteiger partial charge in [-0.15, -0.1) is 0 Å². The maximum Gasteiger partial charge on any atom is 0.416 e. The van der Waals surface area contributed by atoms with Crippen molar-refractivity contribution in [1.82, 2.24) is 5.32 Å². The summed E-state index contributed by atoms with van der Waals surface area (Å²) in [5.74, 6) is 0.118. The molecule has 0 bridgehead atoms. The molecule has 1 aliphatic carbocycles. The van der Waals surface area contributed by atoms with E-state index in [1.54, 1.807) is 0 Å². The summed E-state index contributed by atoms with van der Waals surface area (Å²) in [4.78, 5) is 37.3. The van der Waals surface area contributed by atoms with Crippen LogP contribution in [0, 0.1) is 5.92 Å². The average Bonchev–Trinajstić information content (AvgIpc) is 3.18. The zero-order chi connectivity index (χ0) is 28.4. The highest BCUT2D eigenvalue weighted by atomic mass is 33.1. The lowest BCUT2D eigenvalue weighted by Gasteiger charge is -2.11. The molecule has 0 unspecified atom stereocenters. The number of rotatable bonds is 13. The summed E-state index contributed by atoms with van der Waals surface area (Å²) in [6.07, 6.45) is 11.7. The SMILES string of the molecule is CCCCCC[C@H]1C=C(COC(=O)NC(=O)OCc2ccccc2)C=CC(SSC(=O)OCc2ccccc2)=C1. The standard InChI is InChI=1S/C31H35NO6S2/c1-2-3-4-7-16-26-19-27(23-37-30(34)32-29(33)36-21-24-12-8-5-9-13-24)17-18-28(20-26)39-40-31(35)38-22-25-14-10-6-11-15-25/h5-6,8-15,17-20,26H,2-4,7,16,21-23H2,1H3,(H,32,33,34)/t26-/m0/s1. The zero-order valence-corrected chi connectivity index (χ0v) is 24.2. The summed E-state index contributed by atoms with van der Waals surface area (Å²) in [5.41, 5.74) is 2.55. The van der Waals surface area contributed by atoms with E-state index in [9.17, 15) is 14.4 Å². The van der Waals surface area contributed by atoms with Crippen LogP contribution in [0.2, 0.25) is 0 Å². The van der Waals surface area contributed by atoms with E-state index in [2.05, 4.69) is 24.4 Å². The topological polar surface area (TPSA) is 90.9 Å². The molecular formula is C31H35NO6S2. The highest BCUT2D eigenvalue weighted by Gasteiger charge is 2.15. The lowest BCUT2D eigenvalue weighted by Crippen LogP contribution is -2.31. The second-order valence-electron chi connectivity index (χ2n) is 9.11. The van der Waals surface area contributed by atoms with Crippen molar-refractivity contribution in [3.05, 3.63) is 107 Å². The maximum absolute atomic E-state index is 12.3. The number of amides is 2. The van der Waals surface area contributed by atoms with Crippen LogP contribution in [0.1, 0.15) is 50.2 Å². The van der Waals surface area contributed by atoms with Gasteiger partial charge in [0.2, 0.25) is 0 Å². The van der Waals surface area contributed by atoms with Gasteiger partial charge in [-0.3, -0.25) is 0 Å². The van der Waals surface area contributed by atoms with E-state index < -0.39 is 12.2 Å². The van der Waals surface area contributed by atoms with E-state index in [1.165, 1.54) is 17.2 Å². The van der Waals surface area contributed by atoms with Crippen LogP contribution in [0.5, 0.6) is 0 Å². The maximum atomic E-state index is 12.3. The molecule has 0 aliphatic heterocycles. The molecule has 2 aromatic rings. The number of nitrogens with one attached hydrogen (secondary N) is 1. The minimum absolute atomic E-state index is 0.00218. The fraction of sp³-hybridized carbons (Fsp3) is 0.323. The molecule has 7 nitrogen and oxygen atoms in total. The number of hydrogen-bond acceptors (Lipinski definition) is 8. The first-order valence-electron chi connectivity index (χ1n) is 13.3. The van der Waals surface area contributed by atoms with Gasteiger partial charge in [-0.25, -0.2) is 19.7 Å². The zero-order valence-electron chi connectivity index (χ0n) is 22.6. The molecule has 3 rings (SSSR count). The van der Waals surface area contributed by atoms with Crippen LogP contribution >= 0.6 is 21.6 Å². The smallest absolute Gasteiger partial charge is 0.416 e. The van der Waals surface area contributed by atoms with E-state index >= 15 is 0 Å². The fourth-order valence-electron chi connectivity index (χ4n) is 3.81. The van der Waals surface area contributed by atoms with Crippen LogP contribution in [0.4, 0.5) is 14.4 Å². The lowest BCUT2D eigenvalue weighted by molar-refractivity contribution is 0.124. The molecule has 212 valence electrons. The number of unbranched alkanes of at least 4 members (excludes halogenated alkanes) is 3. The third-order valence-corrected chi connectivity index (χ3v) is 7.89. The second-order valence-corrected chi connectivity index (χ2v) is 11.2. The quantitative estimate of drug-likeness (QED) is 0.109. The van der Waals surface area contributed by atoms with Gasteiger partial charge in [-0.1, -0.05) is 111 Å². The number of benzene rings is 2. The predicted octanol–water partition coefficient (Wildman–Crippen LogP) is 8.73. The number of imide groups is 1. The van der Waals surface area contributed by atoms with Crippen molar-refractivity contribution in [2.75, 3.05) is 6.61 Å². The molecule has 0 heterocycles. The Labute approximate surface area is 243 Å². The van der Waals surface area contributed by atoms with E-state index in [-0.39, 0.29) is 31.0 Å². The Morgan fingerprint density at radius 1 is 0.750 bits per heavy atom. The lowest BCUT2D eigenvalue weighted by atomic mass is 9.98. The molecule has 0 radical (unpaired) electrons. The number of carbonyl (C=O) groups excluding carboxylic acids is 3. The van der Waals surface area contributed by atoms with Crippen LogP contribution in [0.25, 0.3) is 0 Å². The minimum atomic E-state index is -0.879. The molecule has 0 saturated carbocycles. The monoisotopic (exact) mass is 581 g/mol. The van der Waals surface area contributed by atoms with E-state index in [1.807, 2.05) is 72.8 Å². The van der Waals surface area contributed by atoms with Crippen molar-refractivity contribution in [3.8, 4) is 0 Å². The molecule has 2 amide bonds. The minimum Gasteiger partial charge on any atom is -0.452 e. The number of ether oxygens (including phenoxy) is 3. The molecule has 0 saturated heterocycles. The van der Waals surface area contributed by atoms with Crippen LogP contribution in [0.3, 0.4) is 0 Å². The summed E-state index contributed by atoms with van der Waals surface area (Å²) in [5, 5.41) is 1.72. The van der Waals surface area contributed by atoms with Gasteiger partial charge in [0.1, 0.15) is 19.8 Å². The van der Waals surface area contributed by atoms with Gasteiger partial charge in [0.25, 0.3) is 0 Å². The van der Waals surface area contributed by atoms with Gasteiger partial charge in [0.15, 0.2) is 0 Å². The molecule has 1 N–H and O–H groups in total. The van der Waals surface area contributed by atoms with Crippen LogP contribution in [-0.4, -0.2) is 24.1 Å². The Bertz CT molecular complexity index is 1180. The molecule has 40 heavy (non-hydrogen) atoms. The van der Waals surface area contributed by atoms with Crippen molar-refractivity contribution < 1.29 is 28.6 Å². The van der Waals surface area contributed by atoms with Crippen LogP contribution < -0.4 is 5.32 Å². The Morgan fingerprint density at radius 2 is 1.38 bits per heavy atom. The summed E-state index contributed by atoms with van der Waals surface area (Å²) < 4.78 is 15.7. The third kappa shape index (κ3) is 12.6. The third-order valence-electron chi connectivity index (χ3n) is 5.85. The second kappa shape index (κ2) is 18.0. The van der Waals surface area contributed by atoms with Gasteiger partial charge in [0, 0.05) is 15.7 Å². The first kappa shape index (κ1) is 31.1. The van der Waals surface area contributed by atoms with E-state index in [0.29, 0.717) is 0 Å². The highest BCUT2D eigenvalue weighted by Crippen LogP contribution is 2.36. The molecule has 2 aromatic carbocycles. The highest BCUT2D eigenvalue weighted by molar-refractivity contribution is 8.83. The summed E-state index contributed by atoms with van der Waals surface area (Å²) in [7, 11) is 2.38. The first-order chi connectivity index (χ1) is 19.5. The number of alkyl carbamates (subject to hydrolysis) is 2. The van der Waals surface area contributed by atoms with E-state index in [0.717, 1.165) is 58.1 Å². The van der Waals surface area contributed by atoms with E-state index in [4.69, 9.17) is 14.2 Å². The molecule has 0 spiro atoms. The van der Waals surface area contributed by atoms with Crippen molar-refractivity contribution >= 4 is 39.1 Å². The van der Waals surface area contributed by atoms with Gasteiger partial charge < -0.3 is 14.2 Å². The Hall–Kier alpha value is -3.43. The summed E-state index contributed by atoms with van der Waals surface area (Å²) in [6, 6.07) is 18.7. The molecule has 1 aliphatic rings. The molecular weight excluding hydrogens is 546 g/mol. The molecule has 1 atom stereocenters. The Kier molecular flexibility index (Phi) is 14.0. The first-order valence-corrected chi connectivity index (χ1v) is 15.5. The predicted molar refractivity (Wildman–Crippen MR) is 160 cm³/mol. The molecule has 0 aromatic heterocycles. The van der Waals surface area contributed by atoms with Gasteiger partial charge in [-0.05, 0) is 45.9 Å². The van der Waals surface area contributed by atoms with Gasteiger partial charge >= 0.3 is 17.5 Å². The normalized spacial score (nSPS) is 14.4. The Morgan fingerprint density at radius 3 is 2.02 bits per heavy atom. The molecule has 9 heteroatoms. The largest absolute Gasteiger partial charge is 0.452 e. The fourth-order valence-corrected chi connectivity index (χ4v) is 5.41. The number of carbonyl (C=O) groups is 3. The Balaban J connectivity index is 1.48. The van der Waals surface area contributed by atoms with Crippen molar-refractivity contribution in [3.63, 3.8) is 0 Å². The summed E-state index contributed by atoms with van der Waals surface area (Å²) >= 11 is 0. The molecule has 0 fully saturated rings. The van der Waals surface area contributed by atoms with Crippen LogP contribution in [0.15, 0.2) is 95.4 Å². The average molecular weight is 582 g/mol. The van der Waals surface area contributed by atoms with Gasteiger partial charge in [-0.2, -0.15) is 0 Å². The van der Waals surface area contributed by atoms with Crippen molar-refractivity contribution in [2.24, 2.45) is 5.92 Å². The van der Waals surface area contributed by atoms with Crippen molar-refractivity contribution in [1.29, 1.82) is 0 Å².